The van der Waals surface area contributed by atoms with Crippen LogP contribution < -0.4 is 13.7 Å². The summed E-state index contributed by atoms with van der Waals surface area (Å²) in [5.41, 5.74) is 4.64. The van der Waals surface area contributed by atoms with Gasteiger partial charge < -0.3 is 0 Å². The van der Waals surface area contributed by atoms with E-state index in [1.54, 1.807) is 7.11 Å². The van der Waals surface area contributed by atoms with Gasteiger partial charge in [-0.3, -0.25) is 0 Å². The van der Waals surface area contributed by atoms with Crippen LogP contribution in [0.5, 0.6) is 5.75 Å². The van der Waals surface area contributed by atoms with Crippen molar-refractivity contribution in [2.45, 2.75) is 38.8 Å². The molecule has 194 valence electrons. The molecule has 4 heteroatoms. The molecular weight excluding hydrogens is 580 g/mol. The van der Waals surface area contributed by atoms with Crippen LogP contribution in [-0.4, -0.2) is 31.8 Å². The Morgan fingerprint density at radius 3 is 2.26 bits per heavy atom. The van der Waals surface area contributed by atoms with Gasteiger partial charge in [0.2, 0.25) is 0 Å². The van der Waals surface area contributed by atoms with Crippen molar-refractivity contribution >= 4 is 40.1 Å². The van der Waals surface area contributed by atoms with Gasteiger partial charge in [0.05, 0.1) is 0 Å². The van der Waals surface area contributed by atoms with Gasteiger partial charge in [-0.25, -0.2) is 0 Å². The van der Waals surface area contributed by atoms with Gasteiger partial charge in [0, 0.05) is 0 Å². The molecular formula is C34H36N2OTe. The summed E-state index contributed by atoms with van der Waals surface area (Å²) in [4.78, 5) is 5.41. The average molecular weight is 616 g/mol. The van der Waals surface area contributed by atoms with Crippen molar-refractivity contribution in [1.82, 2.24) is 5.32 Å². The number of benzene rings is 4. The van der Waals surface area contributed by atoms with Crippen LogP contribution in [0.25, 0.3) is 6.08 Å². The molecule has 0 fully saturated rings. The quantitative estimate of drug-likeness (QED) is 0.0960. The van der Waals surface area contributed by atoms with E-state index in [2.05, 4.69) is 121 Å². The SMILES string of the molecule is CCCC/C=C/c1ccccc1N=C([Te]c1ccccc1)C(NCc1ccccc1)c1ccc(OC)cc1. The number of para-hydroxylation sites is 1. The van der Waals surface area contributed by atoms with Crippen molar-refractivity contribution in [3.05, 3.63) is 132 Å². The molecule has 3 nitrogen and oxygen atoms in total. The molecule has 0 spiro atoms. The second-order valence-corrected chi connectivity index (χ2v) is 12.2. The Morgan fingerprint density at radius 1 is 0.868 bits per heavy atom. The van der Waals surface area contributed by atoms with E-state index in [-0.39, 0.29) is 6.04 Å². The van der Waals surface area contributed by atoms with Crippen LogP contribution in [-0.2, 0) is 6.54 Å². The molecule has 0 aliphatic carbocycles. The van der Waals surface area contributed by atoms with Gasteiger partial charge in [-0.2, -0.15) is 0 Å². The summed E-state index contributed by atoms with van der Waals surface area (Å²) in [6.45, 7) is 2.99. The van der Waals surface area contributed by atoms with E-state index in [0.717, 1.165) is 30.0 Å². The van der Waals surface area contributed by atoms with E-state index >= 15 is 0 Å². The molecule has 0 amide bonds. The zero-order chi connectivity index (χ0) is 26.4. The van der Waals surface area contributed by atoms with Crippen LogP contribution in [0.1, 0.15) is 48.9 Å². The van der Waals surface area contributed by atoms with Crippen LogP contribution in [0.2, 0.25) is 0 Å². The van der Waals surface area contributed by atoms with Gasteiger partial charge >= 0.3 is 239 Å². The van der Waals surface area contributed by atoms with Crippen LogP contribution in [0, 0.1) is 0 Å². The van der Waals surface area contributed by atoms with E-state index < -0.39 is 20.9 Å². The maximum absolute atomic E-state index is 5.45. The first-order valence-electron chi connectivity index (χ1n) is 13.2. The number of methoxy groups -OCH3 is 1. The first kappa shape index (κ1) is 27.9. The van der Waals surface area contributed by atoms with E-state index in [1.165, 1.54) is 31.3 Å². The molecule has 0 heterocycles. The molecule has 0 saturated carbocycles. The Labute approximate surface area is 237 Å². The summed E-state index contributed by atoms with van der Waals surface area (Å²) in [5.74, 6) is 0.858. The monoisotopic (exact) mass is 618 g/mol. The van der Waals surface area contributed by atoms with Gasteiger partial charge in [-0.15, -0.1) is 0 Å². The molecule has 38 heavy (non-hydrogen) atoms. The molecule has 4 aromatic carbocycles. The van der Waals surface area contributed by atoms with Gasteiger partial charge in [0.25, 0.3) is 0 Å². The van der Waals surface area contributed by atoms with E-state index in [1.807, 2.05) is 12.1 Å². The minimum atomic E-state index is -0.756. The van der Waals surface area contributed by atoms with Gasteiger partial charge in [-0.1, -0.05) is 0 Å². The predicted molar refractivity (Wildman–Crippen MR) is 163 cm³/mol. The van der Waals surface area contributed by atoms with Crippen molar-refractivity contribution in [3.63, 3.8) is 0 Å². The van der Waals surface area contributed by atoms with Gasteiger partial charge in [-0.05, 0) is 0 Å². The standard InChI is InChI=1S/C34H36N2OTe/c1-3-4-5-10-17-28-18-13-14-21-32(28)36-34(38-31-19-11-7-12-20-31)33(29-22-24-30(37-2)25-23-29)35-26-27-15-8-6-9-16-27/h6-25,33,35H,3-5,26H2,1-2H3/b17-10+,36-34?. The zero-order valence-electron chi connectivity index (χ0n) is 22.2. The van der Waals surface area contributed by atoms with Crippen molar-refractivity contribution in [2.75, 3.05) is 7.11 Å². The first-order chi connectivity index (χ1) is 18.8. The van der Waals surface area contributed by atoms with E-state index in [0.29, 0.717) is 0 Å². The molecule has 0 bridgehead atoms. The fourth-order valence-corrected chi connectivity index (χ4v) is 7.00. The first-order valence-corrected chi connectivity index (χ1v) is 15.6. The number of aliphatic imine (C=N–C) groups is 1. The van der Waals surface area contributed by atoms with Crippen LogP contribution in [0.3, 0.4) is 0 Å². The zero-order valence-corrected chi connectivity index (χ0v) is 24.5. The summed E-state index contributed by atoms with van der Waals surface area (Å²) in [6, 6.07) is 38.2. The number of rotatable bonds is 13. The molecule has 0 radical (unpaired) electrons. The molecule has 4 aromatic rings. The normalized spacial score (nSPS) is 12.5. The maximum atomic E-state index is 5.45. The Morgan fingerprint density at radius 2 is 1.55 bits per heavy atom. The molecule has 1 atom stereocenters. The number of unbranched alkanes of at least 4 members (excludes halogenated alkanes) is 2. The van der Waals surface area contributed by atoms with Gasteiger partial charge in [0.15, 0.2) is 0 Å². The molecule has 4 rings (SSSR count). The number of nitrogens with zero attached hydrogens (tertiary/aromatic N) is 1. The number of ether oxygens (including phenoxy) is 1. The minimum absolute atomic E-state index is 0.0131. The van der Waals surface area contributed by atoms with Crippen molar-refractivity contribution in [3.8, 4) is 5.75 Å². The third-order valence-corrected chi connectivity index (χ3v) is 9.18. The Hall–Kier alpha value is -3.16. The van der Waals surface area contributed by atoms with E-state index in [9.17, 15) is 0 Å². The summed E-state index contributed by atoms with van der Waals surface area (Å²) >= 11 is -0.756. The van der Waals surface area contributed by atoms with E-state index in [4.69, 9.17) is 9.73 Å². The number of allylic oxidation sites excluding steroid dienone is 1. The van der Waals surface area contributed by atoms with Crippen molar-refractivity contribution < 1.29 is 4.74 Å². The molecule has 0 aliphatic rings. The fraction of sp³-hybridized carbons (Fsp3) is 0.206. The summed E-state index contributed by atoms with van der Waals surface area (Å²) in [7, 11) is 1.71. The number of nitrogens with one attached hydrogen (secondary N) is 1. The fourth-order valence-electron chi connectivity index (χ4n) is 4.10. The summed E-state index contributed by atoms with van der Waals surface area (Å²) in [5, 5.41) is 3.85. The predicted octanol–water partition coefficient (Wildman–Crippen LogP) is 7.49. The topological polar surface area (TPSA) is 33.6 Å². The van der Waals surface area contributed by atoms with Crippen LogP contribution in [0.15, 0.2) is 120 Å². The van der Waals surface area contributed by atoms with Crippen LogP contribution in [0.4, 0.5) is 5.69 Å². The third-order valence-electron chi connectivity index (χ3n) is 6.20. The molecule has 1 unspecified atom stereocenters. The number of hydrogen-bond acceptors (Lipinski definition) is 3. The molecule has 0 saturated heterocycles. The molecule has 1 N–H and O–H groups in total. The van der Waals surface area contributed by atoms with Gasteiger partial charge in [0.1, 0.15) is 0 Å². The van der Waals surface area contributed by atoms with Crippen molar-refractivity contribution in [1.29, 1.82) is 0 Å². The second kappa shape index (κ2) is 15.3. The summed E-state index contributed by atoms with van der Waals surface area (Å²) < 4.78 is 8.02. The Balaban J connectivity index is 1.76. The Kier molecular flexibility index (Phi) is 11.2. The number of hydrogen-bond donors (Lipinski definition) is 1. The van der Waals surface area contributed by atoms with Crippen molar-refractivity contribution in [2.24, 2.45) is 4.99 Å². The second-order valence-electron chi connectivity index (χ2n) is 9.04. The third kappa shape index (κ3) is 8.43. The summed E-state index contributed by atoms with van der Waals surface area (Å²) in [6.07, 6.45) is 8.01. The van der Waals surface area contributed by atoms with Crippen LogP contribution >= 0.6 is 0 Å². The average Bonchev–Trinajstić information content (AvgIpc) is 2.97. The molecule has 0 aliphatic heterocycles. The Bertz CT molecular complexity index is 1300. The molecule has 0 aromatic heterocycles.